The van der Waals surface area contributed by atoms with Crippen molar-refractivity contribution in [3.63, 3.8) is 0 Å². The SMILES string of the molecule is COc1cc(OC)c(/C=C/S(=O)(=O)Cc2ccc(OC)c(OC(=O)c3cc(N)cc(N)c3)c2)c(OC)c1. The molecular formula is C26H28N2O8S. The van der Waals surface area contributed by atoms with E-state index in [-0.39, 0.29) is 22.8 Å². The fourth-order valence-corrected chi connectivity index (χ4v) is 4.58. The molecule has 0 amide bonds. The number of nitrogens with two attached hydrogens (primary N) is 2. The number of hydrogen-bond donors (Lipinski definition) is 2. The van der Waals surface area contributed by atoms with Crippen LogP contribution in [0.25, 0.3) is 6.08 Å². The van der Waals surface area contributed by atoms with Gasteiger partial charge in [0.15, 0.2) is 21.3 Å². The minimum Gasteiger partial charge on any atom is -0.496 e. The lowest BCUT2D eigenvalue weighted by Gasteiger charge is -2.13. The van der Waals surface area contributed by atoms with Crippen LogP contribution in [0.4, 0.5) is 11.4 Å². The minimum atomic E-state index is -3.76. The van der Waals surface area contributed by atoms with Gasteiger partial charge in [0, 0.05) is 28.9 Å². The summed E-state index contributed by atoms with van der Waals surface area (Å²) in [6.45, 7) is 0. The van der Waals surface area contributed by atoms with Gasteiger partial charge in [-0.2, -0.15) is 0 Å². The van der Waals surface area contributed by atoms with E-state index in [4.69, 9.17) is 35.2 Å². The Kier molecular flexibility index (Phi) is 8.51. The van der Waals surface area contributed by atoms with E-state index in [0.29, 0.717) is 39.8 Å². The third kappa shape index (κ3) is 6.85. The van der Waals surface area contributed by atoms with Crippen molar-refractivity contribution < 1.29 is 36.9 Å². The zero-order chi connectivity index (χ0) is 27.2. The van der Waals surface area contributed by atoms with Crippen molar-refractivity contribution in [2.75, 3.05) is 39.9 Å². The van der Waals surface area contributed by atoms with E-state index in [1.807, 2.05) is 0 Å². The quantitative estimate of drug-likeness (QED) is 0.227. The minimum absolute atomic E-state index is 0.0451. The van der Waals surface area contributed by atoms with Crippen LogP contribution in [0.2, 0.25) is 0 Å². The number of methoxy groups -OCH3 is 4. The largest absolute Gasteiger partial charge is 0.496 e. The Morgan fingerprint density at radius 2 is 1.38 bits per heavy atom. The lowest BCUT2D eigenvalue weighted by atomic mass is 10.1. The Labute approximate surface area is 215 Å². The van der Waals surface area contributed by atoms with Gasteiger partial charge in [0.1, 0.15) is 17.2 Å². The maximum Gasteiger partial charge on any atom is 0.343 e. The zero-order valence-electron chi connectivity index (χ0n) is 20.8. The predicted molar refractivity (Wildman–Crippen MR) is 141 cm³/mol. The molecule has 0 aromatic heterocycles. The highest BCUT2D eigenvalue weighted by Gasteiger charge is 2.17. The van der Waals surface area contributed by atoms with Crippen LogP contribution in [0.15, 0.2) is 53.9 Å². The molecule has 0 spiro atoms. The average molecular weight is 529 g/mol. The van der Waals surface area contributed by atoms with Crippen molar-refractivity contribution in [3.05, 3.63) is 70.6 Å². The van der Waals surface area contributed by atoms with E-state index in [0.717, 1.165) is 5.41 Å². The summed E-state index contributed by atoms with van der Waals surface area (Å²) in [5.41, 5.74) is 13.1. The van der Waals surface area contributed by atoms with Crippen molar-refractivity contribution in [2.24, 2.45) is 0 Å². The molecule has 3 aromatic carbocycles. The van der Waals surface area contributed by atoms with Gasteiger partial charge >= 0.3 is 5.97 Å². The summed E-state index contributed by atoms with van der Waals surface area (Å²) < 4.78 is 52.5. The second kappa shape index (κ2) is 11.6. The molecule has 0 bridgehead atoms. The highest BCUT2D eigenvalue weighted by molar-refractivity contribution is 7.93. The summed E-state index contributed by atoms with van der Waals surface area (Å²) in [5.74, 6) is 0.445. The molecule has 0 heterocycles. The average Bonchev–Trinajstić information content (AvgIpc) is 2.86. The van der Waals surface area contributed by atoms with Gasteiger partial charge < -0.3 is 35.2 Å². The zero-order valence-corrected chi connectivity index (χ0v) is 21.6. The first-order valence-corrected chi connectivity index (χ1v) is 12.6. The van der Waals surface area contributed by atoms with Crippen molar-refractivity contribution in [1.29, 1.82) is 0 Å². The Morgan fingerprint density at radius 3 is 1.92 bits per heavy atom. The summed E-state index contributed by atoms with van der Waals surface area (Å²) in [6, 6.07) is 12.1. The summed E-state index contributed by atoms with van der Waals surface area (Å²) in [6.07, 6.45) is 1.39. The summed E-state index contributed by atoms with van der Waals surface area (Å²) in [7, 11) is 2.05. The van der Waals surface area contributed by atoms with Gasteiger partial charge in [-0.1, -0.05) is 6.07 Å². The number of carbonyl (C=O) groups excluding carboxylic acids is 1. The molecule has 0 saturated heterocycles. The first kappa shape index (κ1) is 27.2. The Balaban J connectivity index is 1.87. The van der Waals surface area contributed by atoms with Crippen LogP contribution in [-0.4, -0.2) is 42.8 Å². The Hall–Kier alpha value is -4.38. The van der Waals surface area contributed by atoms with Gasteiger partial charge in [-0.3, -0.25) is 0 Å². The smallest absolute Gasteiger partial charge is 0.343 e. The fourth-order valence-electron chi connectivity index (χ4n) is 3.49. The normalized spacial score (nSPS) is 11.2. The lowest BCUT2D eigenvalue weighted by Crippen LogP contribution is -2.11. The topological polar surface area (TPSA) is 149 Å². The van der Waals surface area contributed by atoms with Crippen molar-refractivity contribution >= 4 is 33.3 Å². The van der Waals surface area contributed by atoms with Crippen LogP contribution >= 0.6 is 0 Å². The highest BCUT2D eigenvalue weighted by atomic mass is 32.2. The van der Waals surface area contributed by atoms with E-state index in [1.54, 1.807) is 18.2 Å². The third-order valence-electron chi connectivity index (χ3n) is 5.21. The van der Waals surface area contributed by atoms with Crippen LogP contribution in [0.1, 0.15) is 21.5 Å². The van der Waals surface area contributed by atoms with Gasteiger partial charge in [-0.25, -0.2) is 13.2 Å². The Bertz CT molecular complexity index is 1390. The van der Waals surface area contributed by atoms with Crippen molar-refractivity contribution in [3.8, 4) is 28.7 Å². The molecule has 10 nitrogen and oxygen atoms in total. The van der Waals surface area contributed by atoms with E-state index in [2.05, 4.69) is 0 Å². The molecule has 0 aliphatic heterocycles. The van der Waals surface area contributed by atoms with E-state index >= 15 is 0 Å². The molecule has 0 saturated carbocycles. The first-order valence-electron chi connectivity index (χ1n) is 10.8. The maximum absolute atomic E-state index is 12.9. The number of nitrogen functional groups attached to an aromatic ring is 2. The third-order valence-corrected chi connectivity index (χ3v) is 6.49. The van der Waals surface area contributed by atoms with Crippen LogP contribution < -0.4 is 35.2 Å². The highest BCUT2D eigenvalue weighted by Crippen LogP contribution is 2.35. The van der Waals surface area contributed by atoms with E-state index < -0.39 is 15.8 Å². The van der Waals surface area contributed by atoms with Gasteiger partial charge in [-0.15, -0.1) is 0 Å². The van der Waals surface area contributed by atoms with E-state index in [9.17, 15) is 13.2 Å². The first-order chi connectivity index (χ1) is 17.6. The standard InChI is InChI=1S/C26H28N2O8S/c1-32-20-13-23(34-3)21(24(14-20)35-4)7-8-37(30,31)15-16-5-6-22(33-2)25(9-16)36-26(29)17-10-18(27)12-19(28)11-17/h5-14H,15,27-28H2,1-4H3/b8-7+. The summed E-state index contributed by atoms with van der Waals surface area (Å²) in [4.78, 5) is 12.7. The molecule has 3 aromatic rings. The molecule has 3 rings (SSSR count). The monoisotopic (exact) mass is 528 g/mol. The number of rotatable bonds is 10. The van der Waals surface area contributed by atoms with Crippen LogP contribution in [0.5, 0.6) is 28.7 Å². The molecule has 0 atom stereocenters. The second-order valence-electron chi connectivity index (χ2n) is 7.82. The molecule has 196 valence electrons. The van der Waals surface area contributed by atoms with Crippen LogP contribution in [-0.2, 0) is 15.6 Å². The van der Waals surface area contributed by atoms with E-state index in [1.165, 1.54) is 64.8 Å². The van der Waals surface area contributed by atoms with Crippen molar-refractivity contribution in [1.82, 2.24) is 0 Å². The fraction of sp³-hybridized carbons (Fsp3) is 0.192. The molecule has 0 unspecified atom stereocenters. The number of esters is 1. The molecule has 0 fully saturated rings. The lowest BCUT2D eigenvalue weighted by molar-refractivity contribution is 0.0729. The van der Waals surface area contributed by atoms with Crippen molar-refractivity contribution in [2.45, 2.75) is 5.75 Å². The van der Waals surface area contributed by atoms with Gasteiger partial charge in [0.2, 0.25) is 0 Å². The molecule has 0 radical (unpaired) electrons. The second-order valence-corrected chi connectivity index (χ2v) is 9.71. The van der Waals surface area contributed by atoms with Crippen LogP contribution in [0.3, 0.4) is 0 Å². The molecule has 37 heavy (non-hydrogen) atoms. The Morgan fingerprint density at radius 1 is 0.784 bits per heavy atom. The number of ether oxygens (including phenoxy) is 5. The maximum atomic E-state index is 12.9. The number of sulfone groups is 1. The number of carbonyl (C=O) groups is 1. The molecular weight excluding hydrogens is 500 g/mol. The molecule has 4 N–H and O–H groups in total. The van der Waals surface area contributed by atoms with Crippen LogP contribution in [0, 0.1) is 0 Å². The summed E-state index contributed by atoms with van der Waals surface area (Å²) in [5, 5.41) is 1.06. The van der Waals surface area contributed by atoms with Gasteiger partial charge in [0.25, 0.3) is 0 Å². The predicted octanol–water partition coefficient (Wildman–Crippen LogP) is 3.69. The number of anilines is 2. The van der Waals surface area contributed by atoms with Gasteiger partial charge in [-0.05, 0) is 42.0 Å². The number of hydrogen-bond acceptors (Lipinski definition) is 10. The molecule has 0 aliphatic rings. The summed E-state index contributed by atoms with van der Waals surface area (Å²) >= 11 is 0. The van der Waals surface area contributed by atoms with Gasteiger partial charge in [0.05, 0.1) is 45.3 Å². The number of benzene rings is 3. The molecule has 11 heteroatoms. The molecule has 0 aliphatic carbocycles.